The van der Waals surface area contributed by atoms with Crippen LogP contribution in [0.2, 0.25) is 0 Å². The lowest BCUT2D eigenvalue weighted by Gasteiger charge is -2.15. The number of H-pyrrole nitrogens is 1. The van der Waals surface area contributed by atoms with Crippen molar-refractivity contribution in [3.05, 3.63) is 101 Å². The van der Waals surface area contributed by atoms with Crippen LogP contribution in [-0.2, 0) is 6.42 Å². The highest BCUT2D eigenvalue weighted by atomic mass is 16.1. The third-order valence-corrected chi connectivity index (χ3v) is 5.86. The summed E-state index contributed by atoms with van der Waals surface area (Å²) in [4.78, 5) is 17.1. The van der Waals surface area contributed by atoms with E-state index in [9.17, 15) is 4.79 Å². The van der Waals surface area contributed by atoms with E-state index < -0.39 is 0 Å². The van der Waals surface area contributed by atoms with E-state index in [4.69, 9.17) is 11.1 Å². The number of anilines is 1. The fourth-order valence-corrected chi connectivity index (χ4v) is 4.18. The molecule has 0 aliphatic heterocycles. The van der Waals surface area contributed by atoms with Crippen LogP contribution in [0.25, 0.3) is 11.4 Å². The number of fused-ring (bicyclic) bond motifs is 1. The summed E-state index contributed by atoms with van der Waals surface area (Å²) in [5, 5.41) is 18.6. The summed E-state index contributed by atoms with van der Waals surface area (Å²) < 4.78 is 0. The van der Waals surface area contributed by atoms with Gasteiger partial charge in [0.05, 0.1) is 11.8 Å². The molecule has 5 rings (SSSR count). The Kier molecular flexibility index (Phi) is 4.99. The van der Waals surface area contributed by atoms with Crippen LogP contribution in [0.1, 0.15) is 45.1 Å². The van der Waals surface area contributed by atoms with Crippen molar-refractivity contribution in [2.45, 2.75) is 18.9 Å². The van der Waals surface area contributed by atoms with E-state index >= 15 is 0 Å². The van der Waals surface area contributed by atoms with Gasteiger partial charge < -0.3 is 11.1 Å². The number of hydrogen-bond acceptors (Lipinski definition) is 5. The highest BCUT2D eigenvalue weighted by Crippen LogP contribution is 2.31. The zero-order valence-electron chi connectivity index (χ0n) is 17.3. The second-order valence-corrected chi connectivity index (χ2v) is 7.86. The third kappa shape index (κ3) is 3.65. The zero-order chi connectivity index (χ0) is 22.1. The summed E-state index contributed by atoms with van der Waals surface area (Å²) in [7, 11) is 0. The van der Waals surface area contributed by atoms with Crippen LogP contribution in [-0.4, -0.2) is 26.8 Å². The maximum atomic E-state index is 13.0. The van der Waals surface area contributed by atoms with Crippen molar-refractivity contribution in [2.24, 2.45) is 0 Å². The fraction of sp³-hybridized carbons (Fsp3) is 0.120. The Bertz CT molecular complexity index is 1310. The van der Waals surface area contributed by atoms with Gasteiger partial charge in [0, 0.05) is 27.9 Å². The highest BCUT2D eigenvalue weighted by Gasteiger charge is 2.24. The number of amides is 1. The number of carbonyl (C=O) groups is 1. The topological polar surface area (TPSA) is 121 Å². The van der Waals surface area contributed by atoms with Gasteiger partial charge in [-0.25, -0.2) is 4.98 Å². The average molecular weight is 422 g/mol. The van der Waals surface area contributed by atoms with Gasteiger partial charge in [0.15, 0.2) is 5.82 Å². The molecule has 1 heterocycles. The first-order valence-corrected chi connectivity index (χ1v) is 10.4. The summed E-state index contributed by atoms with van der Waals surface area (Å²) in [6, 6.07) is 20.7. The molecule has 5 N–H and O–H groups in total. The second kappa shape index (κ2) is 8.11. The summed E-state index contributed by atoms with van der Waals surface area (Å²) in [5.74, 6) is 0.453. The van der Waals surface area contributed by atoms with Gasteiger partial charge in [-0.1, -0.05) is 36.4 Å². The summed E-state index contributed by atoms with van der Waals surface area (Å²) in [5.41, 5.74) is 11.8. The predicted molar refractivity (Wildman–Crippen MR) is 124 cm³/mol. The lowest BCUT2D eigenvalue weighted by atomic mass is 9.97. The van der Waals surface area contributed by atoms with Gasteiger partial charge in [-0.05, 0) is 54.3 Å². The molecule has 0 saturated heterocycles. The third-order valence-electron chi connectivity index (χ3n) is 5.86. The number of benzene rings is 3. The molecular weight excluding hydrogens is 400 g/mol. The van der Waals surface area contributed by atoms with Crippen LogP contribution in [0.5, 0.6) is 0 Å². The Morgan fingerprint density at radius 2 is 1.91 bits per heavy atom. The minimum atomic E-state index is -0.148. The minimum absolute atomic E-state index is 0.0102. The number of nitrogens with one attached hydrogen (secondary N) is 3. The van der Waals surface area contributed by atoms with Crippen molar-refractivity contribution in [3.8, 4) is 11.4 Å². The van der Waals surface area contributed by atoms with Crippen molar-refractivity contribution in [1.29, 1.82) is 5.41 Å². The maximum Gasteiger partial charge on any atom is 0.251 e. The SMILES string of the molecule is N=C(c1cccc(C(=O)N[C@@H]2CCc3ccccc32)c1)c1cc(-c2ncn[nH]2)ccc1N. The number of hydrogen-bond donors (Lipinski definition) is 4. The molecule has 1 atom stereocenters. The Morgan fingerprint density at radius 3 is 2.75 bits per heavy atom. The number of rotatable bonds is 5. The first kappa shape index (κ1) is 19.7. The molecule has 0 unspecified atom stereocenters. The van der Waals surface area contributed by atoms with Gasteiger partial charge in [0.25, 0.3) is 5.91 Å². The number of carbonyl (C=O) groups excluding carboxylic acids is 1. The van der Waals surface area contributed by atoms with E-state index in [2.05, 4.69) is 32.6 Å². The Hall–Kier alpha value is -4.26. The van der Waals surface area contributed by atoms with E-state index in [1.807, 2.05) is 24.3 Å². The monoisotopic (exact) mass is 422 g/mol. The average Bonchev–Trinajstić information content (AvgIpc) is 3.50. The van der Waals surface area contributed by atoms with Crippen molar-refractivity contribution < 1.29 is 4.79 Å². The van der Waals surface area contributed by atoms with Gasteiger partial charge in [0.2, 0.25) is 0 Å². The van der Waals surface area contributed by atoms with Crippen molar-refractivity contribution in [3.63, 3.8) is 0 Å². The van der Waals surface area contributed by atoms with E-state index in [1.165, 1.54) is 17.5 Å². The van der Waals surface area contributed by atoms with E-state index in [-0.39, 0.29) is 17.7 Å². The van der Waals surface area contributed by atoms with Crippen LogP contribution < -0.4 is 11.1 Å². The first-order valence-electron chi connectivity index (χ1n) is 10.4. The largest absolute Gasteiger partial charge is 0.398 e. The molecule has 0 fully saturated rings. The summed E-state index contributed by atoms with van der Waals surface area (Å²) in [6.07, 6.45) is 3.29. The number of nitrogen functional groups attached to an aromatic ring is 1. The lowest BCUT2D eigenvalue weighted by molar-refractivity contribution is 0.0936. The molecule has 1 aliphatic carbocycles. The molecule has 3 aromatic carbocycles. The van der Waals surface area contributed by atoms with Crippen molar-refractivity contribution in [1.82, 2.24) is 20.5 Å². The lowest BCUT2D eigenvalue weighted by Crippen LogP contribution is -2.27. The van der Waals surface area contributed by atoms with Crippen LogP contribution in [0.3, 0.4) is 0 Å². The van der Waals surface area contributed by atoms with Crippen molar-refractivity contribution >= 4 is 17.3 Å². The van der Waals surface area contributed by atoms with Crippen LogP contribution >= 0.6 is 0 Å². The molecule has 158 valence electrons. The molecule has 4 aromatic rings. The molecule has 1 aliphatic rings. The quantitative estimate of drug-likeness (QED) is 0.288. The summed E-state index contributed by atoms with van der Waals surface area (Å²) in [6.45, 7) is 0. The number of aryl methyl sites for hydroxylation is 1. The van der Waals surface area contributed by atoms with Crippen molar-refractivity contribution in [2.75, 3.05) is 5.73 Å². The minimum Gasteiger partial charge on any atom is -0.398 e. The molecule has 7 heteroatoms. The Balaban J connectivity index is 1.39. The standard InChI is InChI=1S/C25H22N6O/c26-21-10-8-17(24-28-14-29-31-24)13-20(21)23(27)16-5-3-6-18(12-16)25(32)30-22-11-9-15-4-1-2-7-19(15)22/h1-8,10,12-14,22,27H,9,11,26H2,(H,30,32)(H,28,29,31)/t22-/m1/s1. The van der Waals surface area contributed by atoms with Crippen LogP contribution in [0.4, 0.5) is 5.69 Å². The molecule has 32 heavy (non-hydrogen) atoms. The predicted octanol–water partition coefficient (Wildman–Crippen LogP) is 3.89. The van der Waals surface area contributed by atoms with Gasteiger partial charge in [-0.15, -0.1) is 0 Å². The number of aromatic nitrogens is 3. The maximum absolute atomic E-state index is 13.0. The molecular formula is C25H22N6O. The van der Waals surface area contributed by atoms with E-state index in [0.29, 0.717) is 28.2 Å². The van der Waals surface area contributed by atoms with Gasteiger partial charge in [0.1, 0.15) is 6.33 Å². The van der Waals surface area contributed by atoms with Gasteiger partial charge >= 0.3 is 0 Å². The van der Waals surface area contributed by atoms with Crippen LogP contribution in [0, 0.1) is 5.41 Å². The van der Waals surface area contributed by atoms with Gasteiger partial charge in [-0.3, -0.25) is 15.3 Å². The number of nitrogens with zero attached hydrogens (tertiary/aromatic N) is 2. The zero-order valence-corrected chi connectivity index (χ0v) is 17.3. The number of nitrogens with two attached hydrogens (primary N) is 1. The fourth-order valence-electron chi connectivity index (χ4n) is 4.18. The van der Waals surface area contributed by atoms with Crippen LogP contribution in [0.15, 0.2) is 73.1 Å². The normalized spacial score (nSPS) is 14.7. The smallest absolute Gasteiger partial charge is 0.251 e. The number of aromatic amines is 1. The second-order valence-electron chi connectivity index (χ2n) is 7.86. The first-order chi connectivity index (χ1) is 15.6. The Morgan fingerprint density at radius 1 is 1.06 bits per heavy atom. The van der Waals surface area contributed by atoms with E-state index in [1.54, 1.807) is 30.3 Å². The molecule has 0 bridgehead atoms. The highest BCUT2D eigenvalue weighted by molar-refractivity contribution is 6.15. The molecule has 0 radical (unpaired) electrons. The molecule has 0 spiro atoms. The molecule has 0 saturated carbocycles. The summed E-state index contributed by atoms with van der Waals surface area (Å²) >= 11 is 0. The van der Waals surface area contributed by atoms with E-state index in [0.717, 1.165) is 18.4 Å². The molecule has 7 nitrogen and oxygen atoms in total. The molecule has 1 amide bonds. The molecule has 1 aromatic heterocycles. The Labute approximate surface area is 185 Å². The van der Waals surface area contributed by atoms with Gasteiger partial charge in [-0.2, -0.15) is 5.10 Å².